The lowest BCUT2D eigenvalue weighted by Crippen LogP contribution is -2.59. The van der Waals surface area contributed by atoms with Crippen LogP contribution in [0.15, 0.2) is 0 Å². The Kier molecular flexibility index (Phi) is 6.47. The molecule has 0 spiro atoms. The fourth-order valence-corrected chi connectivity index (χ4v) is 2.59. The lowest BCUT2D eigenvalue weighted by atomic mass is 9.97. The van der Waals surface area contributed by atoms with Crippen LogP contribution in [0.25, 0.3) is 0 Å². The van der Waals surface area contributed by atoms with E-state index in [1.54, 1.807) is 0 Å². The molecule has 0 saturated carbocycles. The van der Waals surface area contributed by atoms with E-state index in [4.69, 9.17) is 18.9 Å². The van der Waals surface area contributed by atoms with E-state index in [9.17, 15) is 14.4 Å². The number of hydrogen-bond acceptors (Lipinski definition) is 8. The molecular formula is C13H20O7S. The zero-order valence-electron chi connectivity index (χ0n) is 12.4. The van der Waals surface area contributed by atoms with Crippen molar-refractivity contribution in [2.45, 2.75) is 64.0 Å². The number of esters is 3. The first-order valence-corrected chi connectivity index (χ1v) is 7.13. The molecule has 0 unspecified atom stereocenters. The van der Waals surface area contributed by atoms with Crippen LogP contribution >= 0.6 is 12.6 Å². The molecule has 1 fully saturated rings. The highest BCUT2D eigenvalue weighted by molar-refractivity contribution is 7.80. The first kappa shape index (κ1) is 17.8. The van der Waals surface area contributed by atoms with Crippen LogP contribution in [0.5, 0.6) is 0 Å². The van der Waals surface area contributed by atoms with Crippen LogP contribution < -0.4 is 0 Å². The summed E-state index contributed by atoms with van der Waals surface area (Å²) in [5.41, 5.74) is -0.782. The van der Waals surface area contributed by atoms with E-state index >= 15 is 0 Å². The highest BCUT2D eigenvalue weighted by atomic mass is 32.1. The summed E-state index contributed by atoms with van der Waals surface area (Å²) in [6.45, 7) is 5.52. The average Bonchev–Trinajstić information content (AvgIpc) is 2.35. The molecule has 7 nitrogen and oxygen atoms in total. The van der Waals surface area contributed by atoms with Crippen LogP contribution in [0.3, 0.4) is 0 Å². The molecule has 8 heteroatoms. The predicted molar refractivity (Wildman–Crippen MR) is 74.6 cm³/mol. The highest BCUT2D eigenvalue weighted by Crippen LogP contribution is 2.31. The Balaban J connectivity index is 3.08. The van der Waals surface area contributed by atoms with Gasteiger partial charge in [-0.1, -0.05) is 6.92 Å². The molecule has 0 aromatic rings. The first-order valence-electron chi connectivity index (χ1n) is 6.61. The van der Waals surface area contributed by atoms with Gasteiger partial charge < -0.3 is 18.9 Å². The number of carbonyl (C=O) groups is 3. The van der Waals surface area contributed by atoms with Crippen LogP contribution in [0.1, 0.15) is 34.1 Å². The van der Waals surface area contributed by atoms with Gasteiger partial charge >= 0.3 is 17.9 Å². The molecule has 0 bridgehead atoms. The van der Waals surface area contributed by atoms with Gasteiger partial charge in [0.2, 0.25) is 0 Å². The second kappa shape index (κ2) is 7.65. The molecule has 5 atom stereocenters. The van der Waals surface area contributed by atoms with Gasteiger partial charge in [-0.3, -0.25) is 14.4 Å². The van der Waals surface area contributed by atoms with Crippen LogP contribution in [-0.4, -0.2) is 47.8 Å². The molecule has 120 valence electrons. The third-order valence-electron chi connectivity index (χ3n) is 2.92. The minimum Gasteiger partial charge on any atom is -0.456 e. The van der Waals surface area contributed by atoms with Crippen molar-refractivity contribution in [2.75, 3.05) is 0 Å². The summed E-state index contributed by atoms with van der Waals surface area (Å²) in [6, 6.07) is 0. The minimum atomic E-state index is -0.962. The summed E-state index contributed by atoms with van der Waals surface area (Å²) in [5.74, 6) is -1.69. The van der Waals surface area contributed by atoms with Crippen molar-refractivity contribution < 1.29 is 33.3 Å². The molecule has 0 radical (unpaired) electrons. The molecule has 1 heterocycles. The quantitative estimate of drug-likeness (QED) is 0.466. The Morgan fingerprint density at radius 1 is 0.905 bits per heavy atom. The standard InChI is InChI=1S/C13H20O7S/c1-5-9-10(17-6(2)14)11(18-7(3)15)12(13(21)20-9)19-8(4)16/h9-13,21H,5H2,1-4H3/t9-,10-,11+,12-,13+/m1/s1. The van der Waals surface area contributed by atoms with Gasteiger partial charge in [0.05, 0.1) is 6.10 Å². The van der Waals surface area contributed by atoms with E-state index in [-0.39, 0.29) is 0 Å². The van der Waals surface area contributed by atoms with Gasteiger partial charge in [-0.2, -0.15) is 0 Å². The zero-order valence-corrected chi connectivity index (χ0v) is 13.3. The van der Waals surface area contributed by atoms with Crippen molar-refractivity contribution >= 4 is 30.5 Å². The number of carbonyl (C=O) groups excluding carboxylic acids is 3. The Morgan fingerprint density at radius 3 is 1.76 bits per heavy atom. The van der Waals surface area contributed by atoms with Crippen molar-refractivity contribution in [1.82, 2.24) is 0 Å². The van der Waals surface area contributed by atoms with Crippen LogP contribution in [0.4, 0.5) is 0 Å². The third-order valence-corrected chi connectivity index (χ3v) is 3.33. The molecule has 0 aromatic heterocycles. The van der Waals surface area contributed by atoms with Gasteiger partial charge in [0.25, 0.3) is 0 Å². The van der Waals surface area contributed by atoms with E-state index in [2.05, 4.69) is 12.6 Å². The SMILES string of the molecule is CC[C@H]1O[C@@H](S)[C@H](OC(C)=O)[C@@H](OC(C)=O)[C@@H]1OC(C)=O. The topological polar surface area (TPSA) is 88.1 Å². The number of hydrogen-bond donors (Lipinski definition) is 1. The Morgan fingerprint density at radius 2 is 1.33 bits per heavy atom. The second-order valence-electron chi connectivity index (χ2n) is 4.70. The Bertz CT molecular complexity index is 411. The van der Waals surface area contributed by atoms with Crippen molar-refractivity contribution in [3.8, 4) is 0 Å². The van der Waals surface area contributed by atoms with Gasteiger partial charge in [0.15, 0.2) is 18.3 Å². The summed E-state index contributed by atoms with van der Waals surface area (Å²) in [7, 11) is 0. The lowest BCUT2D eigenvalue weighted by Gasteiger charge is -2.43. The van der Waals surface area contributed by atoms with Gasteiger partial charge in [-0.15, -0.1) is 12.6 Å². The van der Waals surface area contributed by atoms with E-state index in [0.717, 1.165) is 0 Å². The molecule has 1 rings (SSSR count). The van der Waals surface area contributed by atoms with Gasteiger partial charge in [0, 0.05) is 20.8 Å². The smallest absolute Gasteiger partial charge is 0.303 e. The third kappa shape index (κ3) is 4.89. The largest absolute Gasteiger partial charge is 0.456 e. The zero-order chi connectivity index (χ0) is 16.2. The summed E-state index contributed by atoms with van der Waals surface area (Å²) in [5, 5.41) is 0. The summed E-state index contributed by atoms with van der Waals surface area (Å²) in [6.07, 6.45) is -2.77. The van der Waals surface area contributed by atoms with Gasteiger partial charge in [0.1, 0.15) is 5.44 Å². The highest BCUT2D eigenvalue weighted by Gasteiger charge is 2.49. The predicted octanol–water partition coefficient (Wildman–Crippen LogP) is 0.846. The monoisotopic (exact) mass is 320 g/mol. The average molecular weight is 320 g/mol. The van der Waals surface area contributed by atoms with Crippen LogP contribution in [0.2, 0.25) is 0 Å². The maximum atomic E-state index is 11.3. The summed E-state index contributed by atoms with van der Waals surface area (Å²) < 4.78 is 21.1. The van der Waals surface area contributed by atoms with Crippen molar-refractivity contribution in [2.24, 2.45) is 0 Å². The molecule has 1 aliphatic heterocycles. The number of ether oxygens (including phenoxy) is 4. The summed E-state index contributed by atoms with van der Waals surface area (Å²) in [4.78, 5) is 33.8. The molecule has 0 aliphatic carbocycles. The molecular weight excluding hydrogens is 300 g/mol. The Hall–Kier alpha value is -1.28. The molecule has 0 aromatic carbocycles. The van der Waals surface area contributed by atoms with Gasteiger partial charge in [-0.05, 0) is 6.42 Å². The maximum absolute atomic E-state index is 11.3. The fraction of sp³-hybridized carbons (Fsp3) is 0.769. The summed E-state index contributed by atoms with van der Waals surface area (Å²) >= 11 is 4.23. The van der Waals surface area contributed by atoms with Gasteiger partial charge in [-0.25, -0.2) is 0 Å². The van der Waals surface area contributed by atoms with E-state index < -0.39 is 47.8 Å². The lowest BCUT2D eigenvalue weighted by molar-refractivity contribution is -0.231. The van der Waals surface area contributed by atoms with E-state index in [0.29, 0.717) is 6.42 Å². The van der Waals surface area contributed by atoms with Crippen LogP contribution in [-0.2, 0) is 33.3 Å². The number of rotatable bonds is 4. The van der Waals surface area contributed by atoms with Crippen molar-refractivity contribution in [1.29, 1.82) is 0 Å². The van der Waals surface area contributed by atoms with E-state index in [1.165, 1.54) is 20.8 Å². The molecule has 21 heavy (non-hydrogen) atoms. The molecule has 1 aliphatic rings. The normalized spacial score (nSPS) is 32.1. The maximum Gasteiger partial charge on any atom is 0.303 e. The first-order chi connectivity index (χ1) is 9.76. The van der Waals surface area contributed by atoms with E-state index in [1.807, 2.05) is 6.92 Å². The number of thiol groups is 1. The molecule has 0 N–H and O–H groups in total. The minimum absolute atomic E-state index is 0.507. The molecule has 0 amide bonds. The van der Waals surface area contributed by atoms with Crippen LogP contribution in [0, 0.1) is 0 Å². The Labute approximate surface area is 128 Å². The molecule has 1 saturated heterocycles. The van der Waals surface area contributed by atoms with Crippen molar-refractivity contribution in [3.05, 3.63) is 0 Å². The fourth-order valence-electron chi connectivity index (χ4n) is 2.20. The second-order valence-corrected chi connectivity index (χ2v) is 5.20. The van der Waals surface area contributed by atoms with Crippen molar-refractivity contribution in [3.63, 3.8) is 0 Å².